The molecule has 2 rings (SSSR count). The van der Waals surface area contributed by atoms with Crippen molar-refractivity contribution in [3.63, 3.8) is 0 Å². The zero-order valence-corrected chi connectivity index (χ0v) is 13.2. The summed E-state index contributed by atoms with van der Waals surface area (Å²) in [7, 11) is 0. The molecule has 21 heavy (non-hydrogen) atoms. The second-order valence-corrected chi connectivity index (χ2v) is 6.27. The molecule has 0 spiro atoms. The first-order chi connectivity index (χ1) is 10.0. The fourth-order valence-corrected chi connectivity index (χ4v) is 2.42. The summed E-state index contributed by atoms with van der Waals surface area (Å²) in [4.78, 5) is 8.77. The number of anilines is 1. The van der Waals surface area contributed by atoms with E-state index >= 15 is 0 Å². The number of rotatable bonds is 6. The van der Waals surface area contributed by atoms with Gasteiger partial charge in [-0.1, -0.05) is 27.7 Å². The molecule has 5 nitrogen and oxygen atoms in total. The minimum atomic E-state index is -0.205. The molecule has 0 amide bonds. The van der Waals surface area contributed by atoms with E-state index in [1.165, 1.54) is 0 Å². The predicted octanol–water partition coefficient (Wildman–Crippen LogP) is 3.28. The van der Waals surface area contributed by atoms with Crippen LogP contribution in [0.1, 0.15) is 39.8 Å². The van der Waals surface area contributed by atoms with E-state index in [1.54, 1.807) is 12.4 Å². The van der Waals surface area contributed by atoms with Gasteiger partial charge in [-0.25, -0.2) is 4.98 Å². The quantitative estimate of drug-likeness (QED) is 0.884. The number of nitriles is 1. The van der Waals surface area contributed by atoms with Crippen LogP contribution in [-0.2, 0) is 6.42 Å². The Morgan fingerprint density at radius 1 is 1.29 bits per heavy atom. The van der Waals surface area contributed by atoms with Crippen molar-refractivity contribution in [1.29, 1.82) is 5.26 Å². The normalized spacial score (nSPS) is 12.8. The lowest BCUT2D eigenvalue weighted by atomic mass is 10.0. The van der Waals surface area contributed by atoms with E-state index < -0.39 is 0 Å². The molecule has 0 aliphatic carbocycles. The Balaban J connectivity index is 2.37. The highest BCUT2D eigenvalue weighted by atomic mass is 15.2. The lowest BCUT2D eigenvalue weighted by Crippen LogP contribution is -2.21. The van der Waals surface area contributed by atoms with E-state index in [2.05, 4.69) is 49.0 Å². The number of fused-ring (bicyclic) bond motifs is 1. The molecule has 112 valence electrons. The van der Waals surface area contributed by atoms with Crippen LogP contribution in [0, 0.1) is 23.2 Å². The van der Waals surface area contributed by atoms with Gasteiger partial charge in [0.15, 0.2) is 5.65 Å². The van der Waals surface area contributed by atoms with Crippen LogP contribution in [0.15, 0.2) is 18.6 Å². The van der Waals surface area contributed by atoms with Gasteiger partial charge in [-0.05, 0) is 24.7 Å². The lowest BCUT2D eigenvalue weighted by molar-refractivity contribution is 0.565. The molecule has 0 saturated carbocycles. The van der Waals surface area contributed by atoms with E-state index in [0.717, 1.165) is 30.0 Å². The molecule has 0 aliphatic rings. The smallest absolute Gasteiger partial charge is 0.157 e. The standard InChI is InChI=1S/C16H23N5/c1-11(2)7-13(9-17)19-16-14(8-12(3)4)20-15-10-18-5-6-21(15)16/h5-6,10-13,19H,7-8H2,1-4H3. The molecular weight excluding hydrogens is 262 g/mol. The fraction of sp³-hybridized carbons (Fsp3) is 0.562. The number of nitrogens with zero attached hydrogens (tertiary/aromatic N) is 4. The van der Waals surface area contributed by atoms with Crippen molar-refractivity contribution < 1.29 is 0 Å². The third-order valence-corrected chi connectivity index (χ3v) is 3.28. The number of imidazole rings is 1. The average molecular weight is 285 g/mol. The SMILES string of the molecule is CC(C)Cc1nc2cnccn2c1NC(C#N)CC(C)C. The topological polar surface area (TPSA) is 66.0 Å². The summed E-state index contributed by atoms with van der Waals surface area (Å²) in [5.41, 5.74) is 1.82. The molecule has 0 radical (unpaired) electrons. The average Bonchev–Trinajstić information content (AvgIpc) is 2.74. The number of nitrogens with one attached hydrogen (secondary N) is 1. The van der Waals surface area contributed by atoms with E-state index in [-0.39, 0.29) is 6.04 Å². The third-order valence-electron chi connectivity index (χ3n) is 3.28. The van der Waals surface area contributed by atoms with Crippen molar-refractivity contribution in [2.75, 3.05) is 5.32 Å². The van der Waals surface area contributed by atoms with Gasteiger partial charge < -0.3 is 5.32 Å². The summed E-state index contributed by atoms with van der Waals surface area (Å²) in [6.45, 7) is 8.59. The third kappa shape index (κ3) is 3.72. The molecule has 2 heterocycles. The van der Waals surface area contributed by atoms with Crippen LogP contribution < -0.4 is 5.32 Å². The molecule has 0 saturated heterocycles. The molecule has 5 heteroatoms. The van der Waals surface area contributed by atoms with Gasteiger partial charge in [0.1, 0.15) is 11.9 Å². The van der Waals surface area contributed by atoms with Gasteiger partial charge in [0, 0.05) is 12.4 Å². The van der Waals surface area contributed by atoms with Gasteiger partial charge >= 0.3 is 0 Å². The minimum Gasteiger partial charge on any atom is -0.354 e. The van der Waals surface area contributed by atoms with Crippen molar-refractivity contribution in [2.24, 2.45) is 11.8 Å². The second-order valence-electron chi connectivity index (χ2n) is 6.27. The number of hydrogen-bond acceptors (Lipinski definition) is 4. The molecule has 0 fully saturated rings. The van der Waals surface area contributed by atoms with Crippen LogP contribution >= 0.6 is 0 Å². The van der Waals surface area contributed by atoms with Crippen molar-refractivity contribution in [3.8, 4) is 6.07 Å². The Labute approximate surface area is 126 Å². The van der Waals surface area contributed by atoms with Gasteiger partial charge in [-0.2, -0.15) is 5.26 Å². The molecule has 0 aliphatic heterocycles. The molecule has 0 aromatic carbocycles. The summed E-state index contributed by atoms with van der Waals surface area (Å²) in [5.74, 6) is 1.90. The number of hydrogen-bond donors (Lipinski definition) is 1. The first-order valence-electron chi connectivity index (χ1n) is 7.48. The van der Waals surface area contributed by atoms with Crippen LogP contribution in [-0.4, -0.2) is 20.4 Å². The highest BCUT2D eigenvalue weighted by molar-refractivity contribution is 5.55. The van der Waals surface area contributed by atoms with Crippen molar-refractivity contribution >= 4 is 11.5 Å². The molecular formula is C16H23N5. The van der Waals surface area contributed by atoms with E-state index in [1.807, 2.05) is 10.6 Å². The minimum absolute atomic E-state index is 0.205. The molecule has 1 unspecified atom stereocenters. The predicted molar refractivity (Wildman–Crippen MR) is 84.0 cm³/mol. The van der Waals surface area contributed by atoms with E-state index in [0.29, 0.717) is 11.8 Å². The molecule has 1 N–H and O–H groups in total. The highest BCUT2D eigenvalue weighted by Gasteiger charge is 2.17. The van der Waals surface area contributed by atoms with Gasteiger partial charge in [-0.15, -0.1) is 0 Å². The molecule has 1 atom stereocenters. The van der Waals surface area contributed by atoms with E-state index in [4.69, 9.17) is 0 Å². The molecule has 0 bridgehead atoms. The molecule has 2 aromatic heterocycles. The maximum Gasteiger partial charge on any atom is 0.157 e. The van der Waals surface area contributed by atoms with Gasteiger partial charge in [0.05, 0.1) is 18.0 Å². The fourth-order valence-electron chi connectivity index (χ4n) is 2.42. The van der Waals surface area contributed by atoms with Gasteiger partial charge in [0.2, 0.25) is 0 Å². The maximum absolute atomic E-state index is 9.36. The Hall–Kier alpha value is -2.09. The maximum atomic E-state index is 9.36. The second kappa shape index (κ2) is 6.57. The van der Waals surface area contributed by atoms with Crippen molar-refractivity contribution in [1.82, 2.24) is 14.4 Å². The molecule has 2 aromatic rings. The summed E-state index contributed by atoms with van der Waals surface area (Å²) < 4.78 is 1.98. The lowest BCUT2D eigenvalue weighted by Gasteiger charge is -2.16. The zero-order chi connectivity index (χ0) is 15.4. The largest absolute Gasteiger partial charge is 0.354 e. The van der Waals surface area contributed by atoms with Crippen LogP contribution in [0.4, 0.5) is 5.82 Å². The summed E-state index contributed by atoms with van der Waals surface area (Å²) >= 11 is 0. The van der Waals surface area contributed by atoms with Crippen LogP contribution in [0.25, 0.3) is 5.65 Å². The number of aromatic nitrogens is 3. The van der Waals surface area contributed by atoms with Crippen molar-refractivity contribution in [3.05, 3.63) is 24.3 Å². The van der Waals surface area contributed by atoms with Crippen LogP contribution in [0.3, 0.4) is 0 Å². The first kappa shape index (κ1) is 15.3. The zero-order valence-electron chi connectivity index (χ0n) is 13.2. The Morgan fingerprint density at radius 2 is 2.05 bits per heavy atom. The monoisotopic (exact) mass is 285 g/mol. The Bertz CT molecular complexity index is 636. The summed E-state index contributed by atoms with van der Waals surface area (Å²) in [6.07, 6.45) is 7.07. The highest BCUT2D eigenvalue weighted by Crippen LogP contribution is 2.22. The van der Waals surface area contributed by atoms with E-state index in [9.17, 15) is 5.26 Å². The van der Waals surface area contributed by atoms with Crippen molar-refractivity contribution in [2.45, 2.75) is 46.6 Å². The van der Waals surface area contributed by atoms with Gasteiger partial charge in [0.25, 0.3) is 0 Å². The first-order valence-corrected chi connectivity index (χ1v) is 7.48. The summed E-state index contributed by atoms with van der Waals surface area (Å²) in [5, 5.41) is 12.7. The van der Waals surface area contributed by atoms with Crippen LogP contribution in [0.2, 0.25) is 0 Å². The van der Waals surface area contributed by atoms with Crippen LogP contribution in [0.5, 0.6) is 0 Å². The Kier molecular flexibility index (Phi) is 4.79. The van der Waals surface area contributed by atoms with Gasteiger partial charge in [-0.3, -0.25) is 9.38 Å². The Morgan fingerprint density at radius 3 is 2.67 bits per heavy atom. The summed E-state index contributed by atoms with van der Waals surface area (Å²) in [6, 6.07) is 2.14.